The van der Waals surface area contributed by atoms with Crippen LogP contribution in [0.5, 0.6) is 0 Å². The SMILES string of the molecule is O=C(COC(=O)CCc1nc2ccccc2s1)Nc1cccc(Cl)c1. The first kappa shape index (κ1) is 17.4. The average molecular weight is 375 g/mol. The molecule has 0 unspecified atom stereocenters. The molecule has 0 saturated carbocycles. The third-order valence-corrected chi connectivity index (χ3v) is 4.69. The Bertz CT molecular complexity index is 877. The predicted octanol–water partition coefficient (Wildman–Crippen LogP) is 4.06. The molecule has 1 N–H and O–H groups in total. The predicted molar refractivity (Wildman–Crippen MR) is 99.0 cm³/mol. The highest BCUT2D eigenvalue weighted by atomic mass is 35.5. The molecule has 25 heavy (non-hydrogen) atoms. The van der Waals surface area contributed by atoms with Gasteiger partial charge in [0.15, 0.2) is 6.61 Å². The highest BCUT2D eigenvalue weighted by Gasteiger charge is 2.10. The molecule has 0 spiro atoms. The summed E-state index contributed by atoms with van der Waals surface area (Å²) in [6.45, 7) is -0.328. The second kappa shape index (κ2) is 8.09. The van der Waals surface area contributed by atoms with Gasteiger partial charge in [-0.3, -0.25) is 9.59 Å². The Morgan fingerprint density at radius 3 is 2.80 bits per heavy atom. The summed E-state index contributed by atoms with van der Waals surface area (Å²) < 4.78 is 6.08. The van der Waals surface area contributed by atoms with Gasteiger partial charge in [0.2, 0.25) is 0 Å². The van der Waals surface area contributed by atoms with Gasteiger partial charge >= 0.3 is 5.97 Å². The van der Waals surface area contributed by atoms with Crippen LogP contribution in [-0.4, -0.2) is 23.5 Å². The van der Waals surface area contributed by atoms with Gasteiger partial charge in [0.25, 0.3) is 5.91 Å². The number of aryl methyl sites for hydroxylation is 1. The second-order valence-electron chi connectivity index (χ2n) is 5.29. The zero-order valence-electron chi connectivity index (χ0n) is 13.2. The van der Waals surface area contributed by atoms with E-state index in [9.17, 15) is 9.59 Å². The van der Waals surface area contributed by atoms with Crippen LogP contribution in [0.4, 0.5) is 5.69 Å². The van der Waals surface area contributed by atoms with Crippen LogP contribution >= 0.6 is 22.9 Å². The highest BCUT2D eigenvalue weighted by molar-refractivity contribution is 7.18. The van der Waals surface area contributed by atoms with Gasteiger partial charge < -0.3 is 10.1 Å². The second-order valence-corrected chi connectivity index (χ2v) is 6.85. The van der Waals surface area contributed by atoms with Crippen LogP contribution in [-0.2, 0) is 20.7 Å². The number of para-hydroxylation sites is 1. The number of hydrogen-bond acceptors (Lipinski definition) is 5. The minimum absolute atomic E-state index is 0.185. The third-order valence-electron chi connectivity index (χ3n) is 3.35. The molecule has 0 saturated heterocycles. The van der Waals surface area contributed by atoms with Crippen molar-refractivity contribution in [2.75, 3.05) is 11.9 Å². The van der Waals surface area contributed by atoms with Crippen molar-refractivity contribution < 1.29 is 14.3 Å². The van der Waals surface area contributed by atoms with E-state index in [4.69, 9.17) is 16.3 Å². The maximum atomic E-state index is 11.8. The van der Waals surface area contributed by atoms with Crippen LogP contribution in [0.2, 0.25) is 5.02 Å². The minimum atomic E-state index is -0.430. The van der Waals surface area contributed by atoms with Crippen molar-refractivity contribution in [2.45, 2.75) is 12.8 Å². The van der Waals surface area contributed by atoms with E-state index in [1.807, 2.05) is 24.3 Å². The molecule has 0 fully saturated rings. The number of rotatable bonds is 6. The van der Waals surface area contributed by atoms with Crippen LogP contribution < -0.4 is 5.32 Å². The Kier molecular flexibility index (Phi) is 5.63. The van der Waals surface area contributed by atoms with Gasteiger partial charge in [0.05, 0.1) is 21.6 Å². The molecule has 128 valence electrons. The quantitative estimate of drug-likeness (QED) is 0.660. The molecule has 0 atom stereocenters. The van der Waals surface area contributed by atoms with Crippen molar-refractivity contribution in [3.8, 4) is 0 Å². The number of carbonyl (C=O) groups excluding carboxylic acids is 2. The number of benzene rings is 2. The largest absolute Gasteiger partial charge is 0.456 e. The number of nitrogens with zero attached hydrogens (tertiary/aromatic N) is 1. The standard InChI is InChI=1S/C18H15ClN2O3S/c19-12-4-3-5-13(10-12)20-16(22)11-24-18(23)9-8-17-21-14-6-1-2-7-15(14)25-17/h1-7,10H,8-9,11H2,(H,20,22). The van der Waals surface area contributed by atoms with Crippen molar-refractivity contribution >= 4 is 50.7 Å². The van der Waals surface area contributed by atoms with Crippen molar-refractivity contribution in [1.82, 2.24) is 4.98 Å². The first-order chi connectivity index (χ1) is 12.1. The zero-order valence-corrected chi connectivity index (χ0v) is 14.8. The molecule has 0 bridgehead atoms. The minimum Gasteiger partial charge on any atom is -0.456 e. The van der Waals surface area contributed by atoms with Crippen LogP contribution in [0.15, 0.2) is 48.5 Å². The normalized spacial score (nSPS) is 10.6. The summed E-state index contributed by atoms with van der Waals surface area (Å²) in [7, 11) is 0. The molecular weight excluding hydrogens is 360 g/mol. The van der Waals surface area contributed by atoms with E-state index >= 15 is 0 Å². The molecular formula is C18H15ClN2O3S. The molecule has 1 aromatic heterocycles. The Hall–Kier alpha value is -2.44. The summed E-state index contributed by atoms with van der Waals surface area (Å²) in [5.74, 6) is -0.837. The van der Waals surface area contributed by atoms with Crippen molar-refractivity contribution in [1.29, 1.82) is 0 Å². The Morgan fingerprint density at radius 2 is 2.00 bits per heavy atom. The first-order valence-corrected chi connectivity index (χ1v) is 8.85. The molecule has 0 radical (unpaired) electrons. The fourth-order valence-corrected chi connectivity index (χ4v) is 3.37. The van der Waals surface area contributed by atoms with Crippen LogP contribution in [0.25, 0.3) is 10.2 Å². The van der Waals surface area contributed by atoms with E-state index < -0.39 is 11.9 Å². The third kappa shape index (κ3) is 5.01. The van der Waals surface area contributed by atoms with E-state index in [2.05, 4.69) is 10.3 Å². The fourth-order valence-electron chi connectivity index (χ4n) is 2.22. The maximum Gasteiger partial charge on any atom is 0.306 e. The Labute approximate surface area is 153 Å². The summed E-state index contributed by atoms with van der Waals surface area (Å²) in [5, 5.41) is 4.01. The number of carbonyl (C=O) groups is 2. The monoisotopic (exact) mass is 374 g/mol. The Balaban J connectivity index is 1.43. The number of anilines is 1. The summed E-state index contributed by atoms with van der Waals surface area (Å²) in [4.78, 5) is 28.0. The number of aromatic nitrogens is 1. The van der Waals surface area contributed by atoms with Gasteiger partial charge in [-0.05, 0) is 30.3 Å². The van der Waals surface area contributed by atoms with E-state index in [0.717, 1.165) is 15.2 Å². The Morgan fingerprint density at radius 1 is 1.16 bits per heavy atom. The smallest absolute Gasteiger partial charge is 0.306 e. The number of fused-ring (bicyclic) bond motifs is 1. The van der Waals surface area contributed by atoms with Crippen LogP contribution in [0, 0.1) is 0 Å². The number of thiazole rings is 1. The summed E-state index contributed by atoms with van der Waals surface area (Å²) in [5.41, 5.74) is 1.49. The summed E-state index contributed by atoms with van der Waals surface area (Å²) in [6.07, 6.45) is 0.679. The van der Waals surface area contributed by atoms with Gasteiger partial charge in [-0.15, -0.1) is 11.3 Å². The molecule has 5 nitrogen and oxygen atoms in total. The van der Waals surface area contributed by atoms with Crippen LogP contribution in [0.1, 0.15) is 11.4 Å². The van der Waals surface area contributed by atoms with Gasteiger partial charge in [0, 0.05) is 17.1 Å². The zero-order chi connectivity index (χ0) is 17.6. The van der Waals surface area contributed by atoms with E-state index in [1.54, 1.807) is 35.6 Å². The van der Waals surface area contributed by atoms with Crippen molar-refractivity contribution in [2.24, 2.45) is 0 Å². The number of ether oxygens (including phenoxy) is 1. The molecule has 3 rings (SSSR count). The molecule has 3 aromatic rings. The molecule has 1 amide bonds. The lowest BCUT2D eigenvalue weighted by molar-refractivity contribution is -0.147. The first-order valence-electron chi connectivity index (χ1n) is 7.65. The molecule has 0 aliphatic rings. The molecule has 1 heterocycles. The number of nitrogens with one attached hydrogen (secondary N) is 1. The van der Waals surface area contributed by atoms with E-state index in [0.29, 0.717) is 17.1 Å². The van der Waals surface area contributed by atoms with Gasteiger partial charge in [-0.2, -0.15) is 0 Å². The lowest BCUT2D eigenvalue weighted by Gasteiger charge is -2.06. The maximum absolute atomic E-state index is 11.8. The fraction of sp³-hybridized carbons (Fsp3) is 0.167. The highest BCUT2D eigenvalue weighted by Crippen LogP contribution is 2.22. The van der Waals surface area contributed by atoms with Crippen molar-refractivity contribution in [3.63, 3.8) is 0 Å². The number of esters is 1. The molecule has 0 aliphatic heterocycles. The topological polar surface area (TPSA) is 68.3 Å². The van der Waals surface area contributed by atoms with E-state index in [-0.39, 0.29) is 13.0 Å². The van der Waals surface area contributed by atoms with Crippen molar-refractivity contribution in [3.05, 3.63) is 58.6 Å². The van der Waals surface area contributed by atoms with Gasteiger partial charge in [-0.1, -0.05) is 29.8 Å². The average Bonchev–Trinajstić information content (AvgIpc) is 3.01. The number of hydrogen-bond donors (Lipinski definition) is 1. The number of amides is 1. The van der Waals surface area contributed by atoms with Gasteiger partial charge in [0.1, 0.15) is 0 Å². The van der Waals surface area contributed by atoms with Crippen LogP contribution in [0.3, 0.4) is 0 Å². The number of halogens is 1. The van der Waals surface area contributed by atoms with Gasteiger partial charge in [-0.25, -0.2) is 4.98 Å². The summed E-state index contributed by atoms with van der Waals surface area (Å²) in [6, 6.07) is 14.6. The molecule has 0 aliphatic carbocycles. The van der Waals surface area contributed by atoms with E-state index in [1.165, 1.54) is 0 Å². The molecule has 7 heteroatoms. The summed E-state index contributed by atoms with van der Waals surface area (Å²) >= 11 is 7.40. The lowest BCUT2D eigenvalue weighted by atomic mass is 10.3. The lowest BCUT2D eigenvalue weighted by Crippen LogP contribution is -2.21. The molecule has 2 aromatic carbocycles.